The Morgan fingerprint density at radius 1 is 1.12 bits per heavy atom. The second-order valence-corrected chi connectivity index (χ2v) is 6.72. The highest BCUT2D eigenvalue weighted by atomic mass is 32.1. The largest absolute Gasteiger partial charge is 0.486 e. The van der Waals surface area contributed by atoms with Gasteiger partial charge in [-0.25, -0.2) is 4.98 Å². The van der Waals surface area contributed by atoms with Gasteiger partial charge in [0.25, 0.3) is 0 Å². The van der Waals surface area contributed by atoms with E-state index in [1.807, 2.05) is 31.3 Å². The molecule has 1 aromatic carbocycles. The van der Waals surface area contributed by atoms with Crippen molar-refractivity contribution >= 4 is 17.4 Å². The number of aryl methyl sites for hydroxylation is 2. The van der Waals surface area contributed by atoms with Gasteiger partial charge in [0.05, 0.1) is 17.1 Å². The predicted octanol–water partition coefficient (Wildman–Crippen LogP) is 3.60. The molecule has 0 spiro atoms. The Labute approximate surface area is 150 Å². The van der Waals surface area contributed by atoms with E-state index >= 15 is 0 Å². The third-order valence-corrected chi connectivity index (χ3v) is 4.96. The number of benzene rings is 1. The lowest BCUT2D eigenvalue weighted by Crippen LogP contribution is -2.15. The van der Waals surface area contributed by atoms with Crippen LogP contribution < -0.4 is 14.8 Å². The van der Waals surface area contributed by atoms with E-state index in [0.717, 1.165) is 44.6 Å². The molecule has 1 aliphatic heterocycles. The van der Waals surface area contributed by atoms with Crippen molar-refractivity contribution in [2.24, 2.45) is 0 Å². The minimum Gasteiger partial charge on any atom is -0.486 e. The van der Waals surface area contributed by atoms with Crippen LogP contribution in [0.3, 0.4) is 0 Å². The van der Waals surface area contributed by atoms with Gasteiger partial charge in [0.2, 0.25) is 0 Å². The number of hydrogen-bond donors (Lipinski definition) is 1. The second-order valence-electron chi connectivity index (χ2n) is 5.88. The molecule has 4 rings (SSSR count). The molecule has 0 bridgehead atoms. The SMILES string of the molecule is Cc1cc2c(cc1-c1ccc(NCc3snnc3C)nc1)OCCO2. The molecule has 0 atom stereocenters. The molecule has 3 aromatic rings. The molecule has 0 aliphatic carbocycles. The molecule has 2 aromatic heterocycles. The number of pyridine rings is 1. The third kappa shape index (κ3) is 3.28. The Balaban J connectivity index is 1.53. The first kappa shape index (κ1) is 15.8. The molecule has 0 saturated heterocycles. The minimum absolute atomic E-state index is 0.586. The van der Waals surface area contributed by atoms with Crippen LogP contribution in [0.2, 0.25) is 0 Å². The molecule has 6 nitrogen and oxygen atoms in total. The van der Waals surface area contributed by atoms with Crippen molar-refractivity contribution in [3.05, 3.63) is 46.6 Å². The molecule has 1 aliphatic rings. The molecule has 128 valence electrons. The van der Waals surface area contributed by atoms with Gasteiger partial charge in [-0.2, -0.15) is 0 Å². The summed E-state index contributed by atoms with van der Waals surface area (Å²) in [7, 11) is 0. The lowest BCUT2D eigenvalue weighted by Gasteiger charge is -2.20. The predicted molar refractivity (Wildman–Crippen MR) is 97.4 cm³/mol. The zero-order chi connectivity index (χ0) is 17.2. The van der Waals surface area contributed by atoms with Crippen LogP contribution in [0.4, 0.5) is 5.82 Å². The van der Waals surface area contributed by atoms with Crippen LogP contribution in [0.25, 0.3) is 11.1 Å². The van der Waals surface area contributed by atoms with Crippen molar-refractivity contribution in [1.29, 1.82) is 0 Å². The molecule has 1 N–H and O–H groups in total. The quantitative estimate of drug-likeness (QED) is 0.772. The average molecular weight is 354 g/mol. The zero-order valence-corrected chi connectivity index (χ0v) is 14.9. The number of fused-ring (bicyclic) bond motifs is 1. The van der Waals surface area contributed by atoms with Crippen molar-refractivity contribution in [2.45, 2.75) is 20.4 Å². The van der Waals surface area contributed by atoms with E-state index in [0.29, 0.717) is 19.8 Å². The first-order chi connectivity index (χ1) is 12.2. The van der Waals surface area contributed by atoms with Gasteiger partial charge >= 0.3 is 0 Å². The topological polar surface area (TPSA) is 69.2 Å². The Kier molecular flexibility index (Phi) is 4.23. The van der Waals surface area contributed by atoms with Gasteiger partial charge in [0.15, 0.2) is 11.5 Å². The van der Waals surface area contributed by atoms with E-state index in [1.54, 1.807) is 0 Å². The van der Waals surface area contributed by atoms with Gasteiger partial charge in [-0.1, -0.05) is 4.49 Å². The molecule has 0 unspecified atom stereocenters. The Morgan fingerprint density at radius 3 is 2.60 bits per heavy atom. The lowest BCUT2D eigenvalue weighted by atomic mass is 10.0. The molecular formula is C18H18N4O2S. The third-order valence-electron chi connectivity index (χ3n) is 4.14. The fraction of sp³-hybridized carbons (Fsp3) is 0.278. The van der Waals surface area contributed by atoms with Crippen molar-refractivity contribution < 1.29 is 9.47 Å². The maximum atomic E-state index is 5.69. The summed E-state index contributed by atoms with van der Waals surface area (Å²) in [4.78, 5) is 5.64. The van der Waals surface area contributed by atoms with Gasteiger partial charge in [0.1, 0.15) is 19.0 Å². The maximum Gasteiger partial charge on any atom is 0.161 e. The van der Waals surface area contributed by atoms with Gasteiger partial charge in [-0.3, -0.25) is 0 Å². The standard InChI is InChI=1S/C18H18N4O2S/c1-11-7-15-16(24-6-5-23-15)8-14(11)13-3-4-18(19-9-13)20-10-17-12(2)21-22-25-17/h3-4,7-9H,5-6,10H2,1-2H3,(H,19,20). The highest BCUT2D eigenvalue weighted by molar-refractivity contribution is 7.05. The lowest BCUT2D eigenvalue weighted by molar-refractivity contribution is 0.171. The average Bonchev–Trinajstić information content (AvgIpc) is 3.05. The van der Waals surface area contributed by atoms with E-state index in [1.165, 1.54) is 11.5 Å². The van der Waals surface area contributed by atoms with Crippen LogP contribution in [0, 0.1) is 13.8 Å². The van der Waals surface area contributed by atoms with E-state index < -0.39 is 0 Å². The van der Waals surface area contributed by atoms with Gasteiger partial charge in [-0.15, -0.1) is 5.10 Å². The van der Waals surface area contributed by atoms with Crippen LogP contribution in [0.15, 0.2) is 30.5 Å². The summed E-state index contributed by atoms with van der Waals surface area (Å²) in [6.07, 6.45) is 1.87. The van der Waals surface area contributed by atoms with Crippen LogP contribution >= 0.6 is 11.5 Å². The van der Waals surface area contributed by atoms with Crippen LogP contribution in [-0.2, 0) is 6.54 Å². The molecule has 25 heavy (non-hydrogen) atoms. The second kappa shape index (κ2) is 6.68. The first-order valence-corrected chi connectivity index (χ1v) is 8.86. The highest BCUT2D eigenvalue weighted by Crippen LogP contribution is 2.37. The van der Waals surface area contributed by atoms with Crippen LogP contribution in [0.5, 0.6) is 11.5 Å². The molecule has 7 heteroatoms. The summed E-state index contributed by atoms with van der Waals surface area (Å²) in [6.45, 7) is 5.89. The smallest absolute Gasteiger partial charge is 0.161 e. The maximum absolute atomic E-state index is 5.69. The molecule has 0 radical (unpaired) electrons. The number of aromatic nitrogens is 3. The number of nitrogens with one attached hydrogen (secondary N) is 1. The van der Waals surface area contributed by atoms with Crippen molar-refractivity contribution in [2.75, 3.05) is 18.5 Å². The summed E-state index contributed by atoms with van der Waals surface area (Å²) in [5, 5.41) is 7.32. The normalized spacial score (nSPS) is 12.9. The minimum atomic E-state index is 0.586. The van der Waals surface area contributed by atoms with Gasteiger partial charge in [-0.05, 0) is 60.8 Å². The van der Waals surface area contributed by atoms with Crippen molar-refractivity contribution in [3.8, 4) is 22.6 Å². The number of anilines is 1. The number of ether oxygens (including phenoxy) is 2. The summed E-state index contributed by atoms with van der Waals surface area (Å²) in [6, 6.07) is 8.09. The number of hydrogen-bond acceptors (Lipinski definition) is 7. The van der Waals surface area contributed by atoms with Crippen LogP contribution in [0.1, 0.15) is 16.1 Å². The molecule has 0 amide bonds. The monoisotopic (exact) mass is 354 g/mol. The van der Waals surface area contributed by atoms with E-state index in [9.17, 15) is 0 Å². The first-order valence-electron chi connectivity index (χ1n) is 8.09. The number of nitrogens with zero attached hydrogens (tertiary/aromatic N) is 3. The molecule has 0 saturated carbocycles. The molecule has 3 heterocycles. The highest BCUT2D eigenvalue weighted by Gasteiger charge is 2.15. The summed E-state index contributed by atoms with van der Waals surface area (Å²) < 4.78 is 15.3. The Morgan fingerprint density at radius 2 is 1.92 bits per heavy atom. The summed E-state index contributed by atoms with van der Waals surface area (Å²) in [5.41, 5.74) is 4.25. The number of rotatable bonds is 4. The Hall–Kier alpha value is -2.67. The van der Waals surface area contributed by atoms with Gasteiger partial charge < -0.3 is 14.8 Å². The summed E-state index contributed by atoms with van der Waals surface area (Å²) in [5.74, 6) is 2.43. The fourth-order valence-electron chi connectivity index (χ4n) is 2.74. The van der Waals surface area contributed by atoms with Gasteiger partial charge in [0, 0.05) is 11.8 Å². The van der Waals surface area contributed by atoms with Crippen LogP contribution in [-0.4, -0.2) is 27.8 Å². The van der Waals surface area contributed by atoms with E-state index in [2.05, 4.69) is 32.9 Å². The van der Waals surface area contributed by atoms with Crippen molar-refractivity contribution in [1.82, 2.24) is 14.6 Å². The Bertz CT molecular complexity index is 893. The van der Waals surface area contributed by atoms with E-state index in [-0.39, 0.29) is 0 Å². The molecule has 0 fully saturated rings. The van der Waals surface area contributed by atoms with Crippen molar-refractivity contribution in [3.63, 3.8) is 0 Å². The zero-order valence-electron chi connectivity index (χ0n) is 14.1. The van der Waals surface area contributed by atoms with E-state index in [4.69, 9.17) is 9.47 Å². The molecular weight excluding hydrogens is 336 g/mol. The fourth-order valence-corrected chi connectivity index (χ4v) is 3.31. The summed E-state index contributed by atoms with van der Waals surface area (Å²) >= 11 is 1.41.